The highest BCUT2D eigenvalue weighted by Crippen LogP contribution is 2.32. The molecule has 2 aromatic rings. The van der Waals surface area contributed by atoms with Gasteiger partial charge >= 0.3 is 5.97 Å². The maximum Gasteiger partial charge on any atom is 0.338 e. The van der Waals surface area contributed by atoms with E-state index in [0.717, 1.165) is 10.6 Å². The van der Waals surface area contributed by atoms with Gasteiger partial charge in [-0.1, -0.05) is 0 Å². The molecule has 1 aromatic heterocycles. The Hall–Kier alpha value is -1.95. The van der Waals surface area contributed by atoms with Crippen molar-refractivity contribution in [2.45, 2.75) is 24.0 Å². The molecule has 0 radical (unpaired) electrons. The van der Waals surface area contributed by atoms with Crippen LogP contribution in [-0.2, 0) is 4.74 Å². The first-order valence-corrected chi connectivity index (χ1v) is 6.58. The first kappa shape index (κ1) is 13.5. The zero-order valence-electron chi connectivity index (χ0n) is 10.7. The number of ether oxygens (including phenoxy) is 1. The predicted octanol–water partition coefficient (Wildman–Crippen LogP) is 2.89. The molecule has 0 saturated heterocycles. The van der Waals surface area contributed by atoms with Crippen LogP contribution in [0.1, 0.15) is 23.0 Å². The van der Waals surface area contributed by atoms with Gasteiger partial charge in [0.15, 0.2) is 0 Å². The Balaban J connectivity index is 2.17. The number of esters is 1. The minimum atomic E-state index is -0.377. The van der Waals surface area contributed by atoms with Gasteiger partial charge < -0.3 is 14.9 Å². The number of carbonyl (C=O) groups excluding carboxylic acids is 1. The van der Waals surface area contributed by atoms with Gasteiger partial charge in [0.25, 0.3) is 5.22 Å². The lowest BCUT2D eigenvalue weighted by molar-refractivity contribution is 0.0526. The Morgan fingerprint density at radius 2 is 2.32 bits per heavy atom. The molecule has 0 bridgehead atoms. The molecule has 1 heterocycles. The van der Waals surface area contributed by atoms with Crippen LogP contribution < -0.4 is 5.73 Å². The van der Waals surface area contributed by atoms with E-state index in [9.17, 15) is 4.79 Å². The van der Waals surface area contributed by atoms with Crippen molar-refractivity contribution in [1.29, 1.82) is 0 Å². The molecule has 0 amide bonds. The Morgan fingerprint density at radius 1 is 1.53 bits per heavy atom. The molecule has 0 saturated carbocycles. The van der Waals surface area contributed by atoms with Crippen LogP contribution in [0.3, 0.4) is 0 Å². The van der Waals surface area contributed by atoms with Crippen LogP contribution in [0.15, 0.2) is 39.0 Å². The van der Waals surface area contributed by atoms with Crippen molar-refractivity contribution in [1.82, 2.24) is 4.98 Å². The fraction of sp³-hybridized carbons (Fsp3) is 0.231. The molecular formula is C13H14N2O3S. The Labute approximate surface area is 115 Å². The molecule has 5 nitrogen and oxygen atoms in total. The normalized spacial score (nSPS) is 10.4. The number of benzene rings is 1. The third-order valence-corrected chi connectivity index (χ3v) is 3.27. The molecule has 0 aliphatic carbocycles. The van der Waals surface area contributed by atoms with Crippen LogP contribution in [0.25, 0.3) is 0 Å². The second kappa shape index (κ2) is 5.79. The van der Waals surface area contributed by atoms with Gasteiger partial charge in [-0.05, 0) is 43.8 Å². The van der Waals surface area contributed by atoms with E-state index >= 15 is 0 Å². The van der Waals surface area contributed by atoms with E-state index in [1.807, 2.05) is 6.92 Å². The molecular weight excluding hydrogens is 264 g/mol. The van der Waals surface area contributed by atoms with E-state index in [2.05, 4.69) is 4.98 Å². The number of anilines is 1. The molecule has 2 rings (SSSR count). The fourth-order valence-electron chi connectivity index (χ4n) is 1.46. The van der Waals surface area contributed by atoms with Crippen LogP contribution in [-0.4, -0.2) is 17.6 Å². The van der Waals surface area contributed by atoms with Crippen molar-refractivity contribution < 1.29 is 13.9 Å². The average molecular weight is 278 g/mol. The van der Waals surface area contributed by atoms with E-state index in [4.69, 9.17) is 14.9 Å². The van der Waals surface area contributed by atoms with Crippen LogP contribution in [0, 0.1) is 6.92 Å². The van der Waals surface area contributed by atoms with E-state index in [1.54, 1.807) is 31.4 Å². The maximum absolute atomic E-state index is 11.6. The van der Waals surface area contributed by atoms with Crippen LogP contribution in [0.4, 0.5) is 5.69 Å². The van der Waals surface area contributed by atoms with Crippen molar-refractivity contribution in [3.8, 4) is 0 Å². The second-order valence-electron chi connectivity index (χ2n) is 3.83. The van der Waals surface area contributed by atoms with Crippen molar-refractivity contribution >= 4 is 23.4 Å². The summed E-state index contributed by atoms with van der Waals surface area (Å²) in [5.41, 5.74) is 7.65. The maximum atomic E-state index is 11.6. The quantitative estimate of drug-likeness (QED) is 0.684. The van der Waals surface area contributed by atoms with Crippen LogP contribution in [0.5, 0.6) is 0 Å². The lowest BCUT2D eigenvalue weighted by Crippen LogP contribution is -2.05. The number of oxazole rings is 1. The summed E-state index contributed by atoms with van der Waals surface area (Å²) < 4.78 is 10.2. The highest BCUT2D eigenvalue weighted by molar-refractivity contribution is 7.99. The summed E-state index contributed by atoms with van der Waals surface area (Å²) in [6.07, 6.45) is 1.57. The topological polar surface area (TPSA) is 78.3 Å². The van der Waals surface area contributed by atoms with Crippen LogP contribution >= 0.6 is 11.8 Å². The minimum absolute atomic E-state index is 0.338. The molecule has 0 unspecified atom stereocenters. The van der Waals surface area contributed by atoms with Crippen molar-refractivity contribution in [2.24, 2.45) is 0 Å². The Morgan fingerprint density at radius 3 is 2.89 bits per heavy atom. The van der Waals surface area contributed by atoms with Gasteiger partial charge in [0.05, 0.1) is 17.9 Å². The third kappa shape index (κ3) is 3.29. The summed E-state index contributed by atoms with van der Waals surface area (Å²) >= 11 is 1.31. The SMILES string of the molecule is CCOC(=O)c1ccc(Sc2nc(C)co2)c(N)c1. The number of nitrogens with zero attached hydrogens (tertiary/aromatic N) is 1. The number of nitrogens with two attached hydrogens (primary N) is 1. The van der Waals surface area contributed by atoms with Crippen molar-refractivity contribution in [2.75, 3.05) is 12.3 Å². The monoisotopic (exact) mass is 278 g/mol. The number of aromatic nitrogens is 1. The average Bonchev–Trinajstić information content (AvgIpc) is 2.78. The standard InChI is InChI=1S/C13H14N2O3S/c1-3-17-12(16)9-4-5-11(10(14)6-9)19-13-15-8(2)7-18-13/h4-7H,3,14H2,1-2H3. The van der Waals surface area contributed by atoms with E-state index in [1.165, 1.54) is 11.8 Å². The van der Waals surface area contributed by atoms with Gasteiger partial charge in [-0.2, -0.15) is 0 Å². The zero-order valence-corrected chi connectivity index (χ0v) is 11.5. The smallest absolute Gasteiger partial charge is 0.338 e. The summed E-state index contributed by atoms with van der Waals surface area (Å²) in [7, 11) is 0. The fourth-order valence-corrected chi connectivity index (χ4v) is 2.24. The summed E-state index contributed by atoms with van der Waals surface area (Å²) in [5.74, 6) is -0.377. The van der Waals surface area contributed by atoms with E-state index < -0.39 is 0 Å². The lowest BCUT2D eigenvalue weighted by atomic mass is 10.2. The number of nitrogen functional groups attached to an aromatic ring is 1. The number of aryl methyl sites for hydroxylation is 1. The molecule has 1 aromatic carbocycles. The van der Waals surface area contributed by atoms with E-state index in [-0.39, 0.29) is 5.97 Å². The summed E-state index contributed by atoms with van der Waals surface area (Å²) in [5, 5.41) is 0.521. The Bertz CT molecular complexity index is 595. The van der Waals surface area contributed by atoms with Crippen LogP contribution in [0.2, 0.25) is 0 Å². The van der Waals surface area contributed by atoms with Crippen molar-refractivity contribution in [3.63, 3.8) is 0 Å². The molecule has 0 fully saturated rings. The van der Waals surface area contributed by atoms with Gasteiger partial charge in [0, 0.05) is 10.6 Å². The first-order valence-electron chi connectivity index (χ1n) is 5.76. The van der Waals surface area contributed by atoms with Crippen molar-refractivity contribution in [3.05, 3.63) is 35.7 Å². The largest absolute Gasteiger partial charge is 0.462 e. The summed E-state index contributed by atoms with van der Waals surface area (Å²) in [6, 6.07) is 5.02. The highest BCUT2D eigenvalue weighted by atomic mass is 32.2. The molecule has 0 atom stereocenters. The highest BCUT2D eigenvalue weighted by Gasteiger charge is 2.11. The zero-order chi connectivity index (χ0) is 13.8. The number of rotatable bonds is 4. The molecule has 0 aliphatic rings. The molecule has 2 N–H and O–H groups in total. The van der Waals surface area contributed by atoms with Gasteiger partial charge in [0.2, 0.25) is 0 Å². The van der Waals surface area contributed by atoms with Gasteiger partial charge in [0.1, 0.15) is 6.26 Å². The molecule has 6 heteroatoms. The third-order valence-electron chi connectivity index (χ3n) is 2.32. The van der Waals surface area contributed by atoms with Gasteiger partial charge in [-0.3, -0.25) is 0 Å². The summed E-state index contributed by atoms with van der Waals surface area (Å²) in [4.78, 5) is 16.5. The molecule has 100 valence electrons. The summed E-state index contributed by atoms with van der Waals surface area (Å²) in [6.45, 7) is 3.95. The minimum Gasteiger partial charge on any atom is -0.462 e. The number of hydrogen-bond acceptors (Lipinski definition) is 6. The van der Waals surface area contributed by atoms with E-state index in [0.29, 0.717) is 23.1 Å². The lowest BCUT2D eigenvalue weighted by Gasteiger charge is -2.06. The molecule has 0 spiro atoms. The Kier molecular flexibility index (Phi) is 4.11. The molecule has 19 heavy (non-hydrogen) atoms. The first-order chi connectivity index (χ1) is 9.10. The second-order valence-corrected chi connectivity index (χ2v) is 4.82. The number of hydrogen-bond donors (Lipinski definition) is 1. The van der Waals surface area contributed by atoms with Gasteiger partial charge in [-0.25, -0.2) is 9.78 Å². The predicted molar refractivity (Wildman–Crippen MR) is 72.2 cm³/mol. The van der Waals surface area contributed by atoms with Gasteiger partial charge in [-0.15, -0.1) is 0 Å². The number of carbonyl (C=O) groups is 1. The molecule has 0 aliphatic heterocycles.